The fraction of sp³-hybridized carbons (Fsp3) is 0.143. The molecule has 2 rings (SSSR count). The molecule has 0 saturated carbocycles. The van der Waals surface area contributed by atoms with Crippen LogP contribution >= 0.6 is 0 Å². The summed E-state index contributed by atoms with van der Waals surface area (Å²) in [5, 5.41) is 13.5. The van der Waals surface area contributed by atoms with Crippen molar-refractivity contribution in [3.63, 3.8) is 0 Å². The highest BCUT2D eigenvalue weighted by Crippen LogP contribution is 2.21. The molecule has 0 aliphatic heterocycles. The Balaban J connectivity index is 2.03. The second kappa shape index (κ2) is 6.01. The van der Waals surface area contributed by atoms with Crippen LogP contribution in [-0.2, 0) is 6.54 Å². The van der Waals surface area contributed by atoms with Crippen LogP contribution in [-0.4, -0.2) is 12.0 Å². The number of hydrogen-bond donors (Lipinski definition) is 1. The monoisotopic (exact) mass is 276 g/mol. The Morgan fingerprint density at radius 3 is 2.50 bits per heavy atom. The number of hydrogen-bond acceptors (Lipinski definition) is 4. The summed E-state index contributed by atoms with van der Waals surface area (Å²) in [5.74, 6) is -0.0927. The first kappa shape index (κ1) is 13.8. The third kappa shape index (κ3) is 3.23. The molecule has 0 amide bonds. The third-order valence-corrected chi connectivity index (χ3v) is 2.80. The number of nitrogens with zero attached hydrogens (tertiary/aromatic N) is 1. The molecule has 0 fully saturated rings. The van der Waals surface area contributed by atoms with Gasteiger partial charge in [0.05, 0.1) is 12.0 Å². The van der Waals surface area contributed by atoms with Crippen LogP contribution in [0.25, 0.3) is 0 Å². The molecule has 0 radical (unpaired) electrons. The van der Waals surface area contributed by atoms with Gasteiger partial charge in [-0.05, 0) is 23.8 Å². The number of methoxy groups -OCH3 is 1. The first-order chi connectivity index (χ1) is 9.60. The summed E-state index contributed by atoms with van der Waals surface area (Å²) < 4.78 is 18.5. The first-order valence-corrected chi connectivity index (χ1v) is 5.91. The van der Waals surface area contributed by atoms with Gasteiger partial charge in [0, 0.05) is 24.4 Å². The van der Waals surface area contributed by atoms with E-state index in [1.165, 1.54) is 6.07 Å². The quantitative estimate of drug-likeness (QED) is 0.671. The molecule has 0 atom stereocenters. The molecule has 20 heavy (non-hydrogen) atoms. The van der Waals surface area contributed by atoms with E-state index >= 15 is 0 Å². The number of benzene rings is 2. The number of anilines is 1. The summed E-state index contributed by atoms with van der Waals surface area (Å²) >= 11 is 0. The molecule has 0 bridgehead atoms. The average molecular weight is 276 g/mol. The SMILES string of the molecule is COc1ccc(CNc2ccc([N+](=O)[O-])c(F)c2)cc1. The molecule has 0 saturated heterocycles. The second-order valence-corrected chi connectivity index (χ2v) is 4.12. The molecule has 2 aromatic carbocycles. The highest BCUT2D eigenvalue weighted by atomic mass is 19.1. The van der Waals surface area contributed by atoms with Gasteiger partial charge >= 0.3 is 5.69 Å². The molecule has 0 aliphatic carbocycles. The standard InChI is InChI=1S/C14H13FN2O3/c1-20-12-5-2-10(3-6-12)9-16-11-4-7-14(17(18)19)13(15)8-11/h2-8,16H,9H2,1H3. The Labute approximate surface area is 115 Å². The lowest BCUT2D eigenvalue weighted by molar-refractivity contribution is -0.387. The van der Waals surface area contributed by atoms with E-state index in [4.69, 9.17) is 4.74 Å². The van der Waals surface area contributed by atoms with Crippen LogP contribution in [0.4, 0.5) is 15.8 Å². The van der Waals surface area contributed by atoms with Crippen molar-refractivity contribution in [2.24, 2.45) is 0 Å². The number of nitro benzene ring substituents is 1. The summed E-state index contributed by atoms with van der Waals surface area (Å²) in [6, 6.07) is 11.2. The summed E-state index contributed by atoms with van der Waals surface area (Å²) in [7, 11) is 1.59. The van der Waals surface area contributed by atoms with E-state index in [1.807, 2.05) is 24.3 Å². The van der Waals surface area contributed by atoms with Gasteiger partial charge in [0.2, 0.25) is 5.82 Å². The smallest absolute Gasteiger partial charge is 0.304 e. The van der Waals surface area contributed by atoms with Gasteiger partial charge in [0.25, 0.3) is 0 Å². The maximum absolute atomic E-state index is 13.4. The molecule has 0 aromatic heterocycles. The Morgan fingerprint density at radius 2 is 1.95 bits per heavy atom. The molecular weight excluding hydrogens is 263 g/mol. The van der Waals surface area contributed by atoms with E-state index in [2.05, 4.69) is 5.32 Å². The Kier molecular flexibility index (Phi) is 4.14. The van der Waals surface area contributed by atoms with Gasteiger partial charge < -0.3 is 10.1 Å². The summed E-state index contributed by atoms with van der Waals surface area (Å²) in [5.41, 5.74) is 0.952. The van der Waals surface area contributed by atoms with Gasteiger partial charge in [-0.15, -0.1) is 0 Å². The zero-order chi connectivity index (χ0) is 14.5. The normalized spacial score (nSPS) is 10.1. The van der Waals surface area contributed by atoms with Crippen molar-refractivity contribution in [3.05, 3.63) is 64.0 Å². The van der Waals surface area contributed by atoms with Crippen LogP contribution < -0.4 is 10.1 Å². The highest BCUT2D eigenvalue weighted by molar-refractivity contribution is 5.50. The molecule has 0 unspecified atom stereocenters. The number of halogens is 1. The van der Waals surface area contributed by atoms with Crippen molar-refractivity contribution >= 4 is 11.4 Å². The van der Waals surface area contributed by atoms with Gasteiger partial charge in [-0.25, -0.2) is 0 Å². The van der Waals surface area contributed by atoms with Crippen LogP contribution in [0.2, 0.25) is 0 Å². The van der Waals surface area contributed by atoms with Crippen LogP contribution in [0.3, 0.4) is 0 Å². The van der Waals surface area contributed by atoms with Crippen molar-refractivity contribution < 1.29 is 14.1 Å². The van der Waals surface area contributed by atoms with E-state index in [0.717, 1.165) is 23.4 Å². The lowest BCUT2D eigenvalue weighted by atomic mass is 10.2. The van der Waals surface area contributed by atoms with E-state index in [-0.39, 0.29) is 0 Å². The van der Waals surface area contributed by atoms with Gasteiger partial charge in [-0.1, -0.05) is 12.1 Å². The minimum atomic E-state index is -0.852. The zero-order valence-corrected chi connectivity index (χ0v) is 10.8. The minimum Gasteiger partial charge on any atom is -0.497 e. The summed E-state index contributed by atoms with van der Waals surface area (Å²) in [4.78, 5) is 9.76. The molecule has 0 heterocycles. The van der Waals surface area contributed by atoms with Crippen LogP contribution in [0.5, 0.6) is 5.75 Å². The largest absolute Gasteiger partial charge is 0.497 e. The van der Waals surface area contributed by atoms with Crippen LogP contribution in [0, 0.1) is 15.9 Å². The molecule has 5 nitrogen and oxygen atoms in total. The molecule has 1 N–H and O–H groups in total. The maximum Gasteiger partial charge on any atom is 0.304 e. The number of nitro groups is 1. The van der Waals surface area contributed by atoms with Crippen molar-refractivity contribution in [2.45, 2.75) is 6.54 Å². The number of ether oxygens (including phenoxy) is 1. The topological polar surface area (TPSA) is 64.4 Å². The first-order valence-electron chi connectivity index (χ1n) is 5.91. The Bertz CT molecular complexity index is 614. The predicted molar refractivity (Wildman–Crippen MR) is 73.4 cm³/mol. The molecule has 0 spiro atoms. The second-order valence-electron chi connectivity index (χ2n) is 4.12. The summed E-state index contributed by atoms with van der Waals surface area (Å²) in [6.07, 6.45) is 0. The maximum atomic E-state index is 13.4. The highest BCUT2D eigenvalue weighted by Gasteiger charge is 2.13. The molecule has 6 heteroatoms. The van der Waals surface area contributed by atoms with Crippen LogP contribution in [0.1, 0.15) is 5.56 Å². The molecular formula is C14H13FN2O3. The van der Waals surface area contributed by atoms with E-state index in [9.17, 15) is 14.5 Å². The third-order valence-electron chi connectivity index (χ3n) is 2.80. The van der Waals surface area contributed by atoms with Gasteiger partial charge in [0.15, 0.2) is 0 Å². The van der Waals surface area contributed by atoms with E-state index in [1.54, 1.807) is 7.11 Å². The van der Waals surface area contributed by atoms with Crippen molar-refractivity contribution in [3.8, 4) is 5.75 Å². The van der Waals surface area contributed by atoms with Gasteiger partial charge in [-0.3, -0.25) is 10.1 Å². The van der Waals surface area contributed by atoms with Crippen molar-refractivity contribution in [1.82, 2.24) is 0 Å². The van der Waals surface area contributed by atoms with Gasteiger partial charge in [-0.2, -0.15) is 4.39 Å². The summed E-state index contributed by atoms with van der Waals surface area (Å²) in [6.45, 7) is 0.487. The average Bonchev–Trinajstić information content (AvgIpc) is 2.45. The number of rotatable bonds is 5. The lowest BCUT2D eigenvalue weighted by Crippen LogP contribution is -2.01. The zero-order valence-electron chi connectivity index (χ0n) is 10.8. The number of nitrogens with one attached hydrogen (secondary N) is 1. The predicted octanol–water partition coefficient (Wildman–Crippen LogP) is 3.35. The van der Waals surface area contributed by atoms with Crippen LogP contribution in [0.15, 0.2) is 42.5 Å². The van der Waals surface area contributed by atoms with Gasteiger partial charge in [0.1, 0.15) is 5.75 Å². The molecule has 0 aliphatic rings. The molecule has 2 aromatic rings. The fourth-order valence-electron chi connectivity index (χ4n) is 1.71. The van der Waals surface area contributed by atoms with E-state index in [0.29, 0.717) is 12.2 Å². The van der Waals surface area contributed by atoms with E-state index < -0.39 is 16.4 Å². The van der Waals surface area contributed by atoms with Crippen molar-refractivity contribution in [1.29, 1.82) is 0 Å². The fourth-order valence-corrected chi connectivity index (χ4v) is 1.71. The Hall–Kier alpha value is -2.63. The Morgan fingerprint density at radius 1 is 1.25 bits per heavy atom. The lowest BCUT2D eigenvalue weighted by Gasteiger charge is -2.07. The van der Waals surface area contributed by atoms with Crippen molar-refractivity contribution in [2.75, 3.05) is 12.4 Å². The molecule has 104 valence electrons. The minimum absolute atomic E-state index is 0.487.